The van der Waals surface area contributed by atoms with Crippen LogP contribution in [0.4, 0.5) is 11.8 Å². The molecule has 1 aliphatic rings. The number of aliphatic hydroxyl groups excluding tert-OH is 1. The van der Waals surface area contributed by atoms with Crippen LogP contribution in [-0.4, -0.2) is 66.4 Å². The number of likely N-dealkylation sites (N-methyl/N-ethyl adjacent to an activating group) is 1. The molecule has 2 rings (SSSR count). The first-order chi connectivity index (χ1) is 8.65. The van der Waals surface area contributed by atoms with E-state index in [-0.39, 0.29) is 6.10 Å². The summed E-state index contributed by atoms with van der Waals surface area (Å²) in [5.41, 5.74) is 0. The zero-order chi connectivity index (χ0) is 13.0. The second kappa shape index (κ2) is 5.97. The molecule has 1 unspecified atom stereocenters. The summed E-state index contributed by atoms with van der Waals surface area (Å²) in [6, 6.07) is 1.87. The smallest absolute Gasteiger partial charge is 0.227 e. The number of rotatable bonds is 5. The van der Waals surface area contributed by atoms with E-state index in [1.807, 2.05) is 25.1 Å². The highest BCUT2D eigenvalue weighted by atomic mass is 16.3. The summed E-state index contributed by atoms with van der Waals surface area (Å²) < 4.78 is 0. The fourth-order valence-electron chi connectivity index (χ4n) is 1.93. The van der Waals surface area contributed by atoms with Crippen LogP contribution in [0.15, 0.2) is 12.3 Å². The first-order valence-corrected chi connectivity index (χ1v) is 6.30. The molecule has 0 bridgehead atoms. The van der Waals surface area contributed by atoms with Crippen molar-refractivity contribution >= 4 is 11.8 Å². The Morgan fingerprint density at radius 1 is 1.56 bits per heavy atom. The van der Waals surface area contributed by atoms with Gasteiger partial charge < -0.3 is 20.2 Å². The van der Waals surface area contributed by atoms with E-state index in [2.05, 4.69) is 20.2 Å². The van der Waals surface area contributed by atoms with Gasteiger partial charge in [-0.2, -0.15) is 4.98 Å². The molecule has 100 valence electrons. The third-order valence-electron chi connectivity index (χ3n) is 2.95. The van der Waals surface area contributed by atoms with Crippen LogP contribution in [0.25, 0.3) is 0 Å². The molecule has 2 heterocycles. The van der Waals surface area contributed by atoms with Gasteiger partial charge in [-0.3, -0.25) is 0 Å². The van der Waals surface area contributed by atoms with E-state index in [1.165, 1.54) is 0 Å². The highest BCUT2D eigenvalue weighted by Crippen LogP contribution is 2.17. The third kappa shape index (κ3) is 3.54. The molecule has 0 radical (unpaired) electrons. The Morgan fingerprint density at radius 2 is 2.39 bits per heavy atom. The van der Waals surface area contributed by atoms with Crippen molar-refractivity contribution in [1.82, 2.24) is 14.9 Å². The number of β-amino-alcohol motifs (C(OH)–C–C–N with tert-alkyl or cyclic N) is 1. The zero-order valence-corrected chi connectivity index (χ0v) is 11.0. The Bertz CT molecular complexity index is 384. The molecule has 1 fully saturated rings. The monoisotopic (exact) mass is 251 g/mol. The first kappa shape index (κ1) is 13.0. The molecule has 1 aromatic rings. The summed E-state index contributed by atoms with van der Waals surface area (Å²) in [5.74, 6) is 1.53. The lowest BCUT2D eigenvalue weighted by Crippen LogP contribution is -2.24. The molecule has 1 aromatic heterocycles. The first-order valence-electron chi connectivity index (χ1n) is 6.30. The molecule has 1 atom stereocenters. The Morgan fingerprint density at radius 3 is 3.06 bits per heavy atom. The molecular weight excluding hydrogens is 230 g/mol. The molecule has 0 aliphatic carbocycles. The molecule has 0 saturated carbocycles. The molecule has 0 amide bonds. The maximum absolute atomic E-state index is 9.51. The van der Waals surface area contributed by atoms with Gasteiger partial charge in [0.15, 0.2) is 0 Å². The van der Waals surface area contributed by atoms with Crippen LogP contribution in [0.3, 0.4) is 0 Å². The van der Waals surface area contributed by atoms with Crippen LogP contribution in [0.2, 0.25) is 0 Å². The number of anilines is 2. The van der Waals surface area contributed by atoms with Gasteiger partial charge >= 0.3 is 0 Å². The van der Waals surface area contributed by atoms with Gasteiger partial charge in [-0.15, -0.1) is 0 Å². The molecule has 1 aliphatic heterocycles. The summed E-state index contributed by atoms with van der Waals surface area (Å²) in [6.07, 6.45) is 2.30. The Hall–Kier alpha value is -1.40. The van der Waals surface area contributed by atoms with Gasteiger partial charge in [-0.25, -0.2) is 4.98 Å². The van der Waals surface area contributed by atoms with E-state index in [4.69, 9.17) is 0 Å². The number of aliphatic hydroxyl groups is 1. The summed E-state index contributed by atoms with van der Waals surface area (Å²) >= 11 is 0. The minimum Gasteiger partial charge on any atom is -0.391 e. The molecule has 1 saturated heterocycles. The summed E-state index contributed by atoms with van der Waals surface area (Å²) in [5, 5.41) is 12.8. The maximum atomic E-state index is 9.51. The fraction of sp³-hybridized carbons (Fsp3) is 0.667. The fourth-order valence-corrected chi connectivity index (χ4v) is 1.93. The van der Waals surface area contributed by atoms with Crippen molar-refractivity contribution in [3.8, 4) is 0 Å². The lowest BCUT2D eigenvalue weighted by Gasteiger charge is -2.16. The van der Waals surface area contributed by atoms with Crippen molar-refractivity contribution in [3.63, 3.8) is 0 Å². The van der Waals surface area contributed by atoms with Gasteiger partial charge in [0.1, 0.15) is 5.82 Å². The van der Waals surface area contributed by atoms with Crippen LogP contribution < -0.4 is 10.2 Å². The second-order valence-corrected chi connectivity index (χ2v) is 4.86. The van der Waals surface area contributed by atoms with E-state index < -0.39 is 0 Å². The van der Waals surface area contributed by atoms with Gasteiger partial charge in [-0.05, 0) is 26.6 Å². The summed E-state index contributed by atoms with van der Waals surface area (Å²) in [6.45, 7) is 3.26. The van der Waals surface area contributed by atoms with Crippen molar-refractivity contribution < 1.29 is 5.11 Å². The summed E-state index contributed by atoms with van der Waals surface area (Å²) in [7, 11) is 4.08. The highest BCUT2D eigenvalue weighted by molar-refractivity contribution is 5.42. The minimum absolute atomic E-state index is 0.251. The van der Waals surface area contributed by atoms with E-state index in [9.17, 15) is 5.11 Å². The lowest BCUT2D eigenvalue weighted by molar-refractivity contribution is 0.198. The average Bonchev–Trinajstić information content (AvgIpc) is 2.76. The van der Waals surface area contributed by atoms with Gasteiger partial charge in [0.05, 0.1) is 6.10 Å². The molecule has 0 aromatic carbocycles. The van der Waals surface area contributed by atoms with Crippen molar-refractivity contribution in [1.29, 1.82) is 0 Å². The number of aromatic nitrogens is 2. The van der Waals surface area contributed by atoms with Crippen LogP contribution in [-0.2, 0) is 0 Å². The van der Waals surface area contributed by atoms with Crippen LogP contribution in [0.5, 0.6) is 0 Å². The van der Waals surface area contributed by atoms with Gasteiger partial charge in [0, 0.05) is 32.4 Å². The number of hydrogen-bond donors (Lipinski definition) is 2. The predicted molar refractivity (Wildman–Crippen MR) is 71.9 cm³/mol. The van der Waals surface area contributed by atoms with E-state index in [0.29, 0.717) is 12.5 Å². The number of nitrogens with zero attached hydrogens (tertiary/aromatic N) is 4. The van der Waals surface area contributed by atoms with E-state index in [1.54, 1.807) is 6.20 Å². The second-order valence-electron chi connectivity index (χ2n) is 4.86. The lowest BCUT2D eigenvalue weighted by atomic mass is 10.3. The standard InChI is InChI=1S/C12H21N5O/c1-16(2)8-6-13-11-3-5-14-12(15-11)17-7-4-10(18)9-17/h3,5,10,18H,4,6-9H2,1-2H3,(H,13,14,15). The Labute approximate surface area is 108 Å². The SMILES string of the molecule is CN(C)CCNc1ccnc(N2CCC(O)C2)n1. The van der Waals surface area contributed by atoms with Crippen molar-refractivity contribution in [3.05, 3.63) is 12.3 Å². The minimum atomic E-state index is -0.251. The topological polar surface area (TPSA) is 64.5 Å². The quantitative estimate of drug-likeness (QED) is 0.769. The van der Waals surface area contributed by atoms with Gasteiger partial charge in [-0.1, -0.05) is 0 Å². The molecule has 18 heavy (non-hydrogen) atoms. The normalized spacial score (nSPS) is 19.6. The average molecular weight is 251 g/mol. The van der Waals surface area contributed by atoms with Crippen LogP contribution in [0, 0.1) is 0 Å². The molecule has 2 N–H and O–H groups in total. The van der Waals surface area contributed by atoms with Crippen molar-refractivity contribution in [2.45, 2.75) is 12.5 Å². The Balaban J connectivity index is 1.92. The van der Waals surface area contributed by atoms with Crippen molar-refractivity contribution in [2.24, 2.45) is 0 Å². The van der Waals surface area contributed by atoms with Crippen LogP contribution in [0.1, 0.15) is 6.42 Å². The van der Waals surface area contributed by atoms with Crippen LogP contribution >= 0.6 is 0 Å². The number of nitrogens with one attached hydrogen (secondary N) is 1. The predicted octanol–water partition coefficient (Wildman–Crippen LogP) is 0.0211. The maximum Gasteiger partial charge on any atom is 0.227 e. The third-order valence-corrected chi connectivity index (χ3v) is 2.95. The largest absolute Gasteiger partial charge is 0.391 e. The van der Waals surface area contributed by atoms with Crippen molar-refractivity contribution in [2.75, 3.05) is 50.5 Å². The molecular formula is C12H21N5O. The summed E-state index contributed by atoms with van der Waals surface area (Å²) in [4.78, 5) is 12.8. The van der Waals surface area contributed by atoms with E-state index in [0.717, 1.165) is 31.9 Å². The Kier molecular flexibility index (Phi) is 4.33. The molecule has 6 nitrogen and oxygen atoms in total. The molecule has 6 heteroatoms. The number of hydrogen-bond acceptors (Lipinski definition) is 6. The molecule has 0 spiro atoms. The highest BCUT2D eigenvalue weighted by Gasteiger charge is 2.22. The van der Waals surface area contributed by atoms with E-state index >= 15 is 0 Å². The van der Waals surface area contributed by atoms with Gasteiger partial charge in [0.2, 0.25) is 5.95 Å². The van der Waals surface area contributed by atoms with Gasteiger partial charge in [0.25, 0.3) is 0 Å². The zero-order valence-electron chi connectivity index (χ0n) is 11.0.